The van der Waals surface area contributed by atoms with Crippen LogP contribution in [-0.4, -0.2) is 80.6 Å². The Labute approximate surface area is 144 Å². The molecular weight excluding hydrogens is 307 g/mol. The maximum Gasteiger partial charge on any atom is 0.317 e. The largest absolute Gasteiger partial charge is 0.338 e. The van der Waals surface area contributed by atoms with Crippen molar-refractivity contribution < 1.29 is 9.18 Å². The Hall–Kier alpha value is -1.66. The Balaban J connectivity index is 1.64. The molecule has 5 nitrogen and oxygen atoms in total. The van der Waals surface area contributed by atoms with Gasteiger partial charge in [0.1, 0.15) is 5.82 Å². The van der Waals surface area contributed by atoms with Crippen LogP contribution in [0.2, 0.25) is 0 Å². The number of carbonyl (C=O) groups excluding carboxylic acids is 1. The van der Waals surface area contributed by atoms with E-state index in [0.717, 1.165) is 51.3 Å². The van der Waals surface area contributed by atoms with Crippen molar-refractivity contribution in [3.8, 4) is 0 Å². The van der Waals surface area contributed by atoms with Gasteiger partial charge in [0.2, 0.25) is 0 Å². The van der Waals surface area contributed by atoms with Gasteiger partial charge in [-0.2, -0.15) is 0 Å². The van der Waals surface area contributed by atoms with Crippen molar-refractivity contribution in [1.82, 2.24) is 20.0 Å². The Morgan fingerprint density at radius 3 is 2.58 bits per heavy atom. The van der Waals surface area contributed by atoms with Crippen LogP contribution in [0.3, 0.4) is 0 Å². The van der Waals surface area contributed by atoms with E-state index in [1.54, 1.807) is 6.07 Å². The zero-order valence-corrected chi connectivity index (χ0v) is 14.8. The highest BCUT2D eigenvalue weighted by molar-refractivity contribution is 5.74. The number of amides is 2. The van der Waals surface area contributed by atoms with Crippen LogP contribution in [-0.2, 0) is 6.42 Å². The highest BCUT2D eigenvalue weighted by Crippen LogP contribution is 2.09. The van der Waals surface area contributed by atoms with E-state index in [0.29, 0.717) is 13.0 Å². The summed E-state index contributed by atoms with van der Waals surface area (Å²) in [6.07, 6.45) is 1.67. The third kappa shape index (κ3) is 6.09. The lowest BCUT2D eigenvalue weighted by atomic mass is 10.1. The summed E-state index contributed by atoms with van der Waals surface area (Å²) in [5.74, 6) is -0.131. The maximum atomic E-state index is 13.6. The fourth-order valence-electron chi connectivity index (χ4n) is 2.86. The minimum atomic E-state index is -0.131. The number of hydrogen-bond donors (Lipinski definition) is 1. The van der Waals surface area contributed by atoms with Crippen LogP contribution in [0.15, 0.2) is 24.3 Å². The van der Waals surface area contributed by atoms with Gasteiger partial charge in [0, 0.05) is 39.3 Å². The topological polar surface area (TPSA) is 38.8 Å². The molecule has 1 aromatic carbocycles. The van der Waals surface area contributed by atoms with E-state index in [-0.39, 0.29) is 11.8 Å². The van der Waals surface area contributed by atoms with Crippen LogP contribution in [0.5, 0.6) is 0 Å². The minimum absolute atomic E-state index is 0.0301. The highest BCUT2D eigenvalue weighted by atomic mass is 19.1. The van der Waals surface area contributed by atoms with Gasteiger partial charge >= 0.3 is 6.03 Å². The second-order valence-electron chi connectivity index (χ2n) is 6.56. The number of benzene rings is 1. The zero-order valence-electron chi connectivity index (χ0n) is 14.8. The predicted octanol–water partition coefficient (Wildman–Crippen LogP) is 1.65. The van der Waals surface area contributed by atoms with E-state index in [1.165, 1.54) is 6.07 Å². The van der Waals surface area contributed by atoms with Crippen LogP contribution < -0.4 is 5.32 Å². The summed E-state index contributed by atoms with van der Waals surface area (Å²) in [4.78, 5) is 18.4. The van der Waals surface area contributed by atoms with Gasteiger partial charge in [-0.25, -0.2) is 9.18 Å². The Morgan fingerprint density at radius 1 is 1.21 bits per heavy atom. The summed E-state index contributed by atoms with van der Waals surface area (Å²) in [6, 6.07) is 6.97. The van der Waals surface area contributed by atoms with Gasteiger partial charge in [0.15, 0.2) is 0 Å². The van der Waals surface area contributed by atoms with Gasteiger partial charge in [-0.05, 0) is 45.1 Å². The number of nitrogens with zero attached hydrogens (tertiary/aromatic N) is 3. The van der Waals surface area contributed by atoms with Gasteiger partial charge in [0.05, 0.1) is 0 Å². The Bertz CT molecular complexity index is 515. The number of halogens is 1. The van der Waals surface area contributed by atoms with Crippen LogP contribution in [0.25, 0.3) is 0 Å². The van der Waals surface area contributed by atoms with Gasteiger partial charge in [0.25, 0.3) is 0 Å². The monoisotopic (exact) mass is 336 g/mol. The van der Waals surface area contributed by atoms with E-state index in [2.05, 4.69) is 15.1 Å². The molecule has 6 heteroatoms. The maximum absolute atomic E-state index is 13.6. The van der Waals surface area contributed by atoms with Gasteiger partial charge in [-0.15, -0.1) is 0 Å². The summed E-state index contributed by atoms with van der Waals surface area (Å²) >= 11 is 0. The molecule has 0 saturated carbocycles. The van der Waals surface area contributed by atoms with Crippen LogP contribution in [0, 0.1) is 5.82 Å². The molecule has 1 saturated heterocycles. The molecule has 0 bridgehead atoms. The van der Waals surface area contributed by atoms with Gasteiger partial charge in [-0.3, -0.25) is 4.90 Å². The van der Waals surface area contributed by atoms with Gasteiger partial charge in [-0.1, -0.05) is 18.2 Å². The molecule has 0 spiro atoms. The number of carbonyl (C=O) groups is 1. The van der Waals surface area contributed by atoms with E-state index in [9.17, 15) is 9.18 Å². The lowest BCUT2D eigenvalue weighted by molar-refractivity contribution is 0.140. The highest BCUT2D eigenvalue weighted by Gasteiger charge is 2.20. The first kappa shape index (κ1) is 18.7. The van der Waals surface area contributed by atoms with Crippen LogP contribution >= 0.6 is 0 Å². The molecule has 24 heavy (non-hydrogen) atoms. The van der Waals surface area contributed by atoms with Crippen molar-refractivity contribution in [2.45, 2.75) is 12.8 Å². The molecule has 0 unspecified atom stereocenters. The zero-order chi connectivity index (χ0) is 17.4. The average Bonchev–Trinajstić information content (AvgIpc) is 2.58. The van der Waals surface area contributed by atoms with Gasteiger partial charge < -0.3 is 15.1 Å². The summed E-state index contributed by atoms with van der Waals surface area (Å²) in [5.41, 5.74) is 0.763. The SMILES string of the molecule is CN(C)CCCNC(=O)N1CCN(CCc2ccccc2F)CC1. The van der Waals surface area contributed by atoms with E-state index in [1.807, 2.05) is 31.1 Å². The van der Waals surface area contributed by atoms with Crippen molar-refractivity contribution in [1.29, 1.82) is 0 Å². The third-order valence-corrected chi connectivity index (χ3v) is 4.37. The molecule has 0 aromatic heterocycles. The number of rotatable bonds is 7. The fourth-order valence-corrected chi connectivity index (χ4v) is 2.86. The fraction of sp³-hybridized carbons (Fsp3) is 0.611. The molecule has 1 aliphatic heterocycles. The quantitative estimate of drug-likeness (QED) is 0.770. The minimum Gasteiger partial charge on any atom is -0.338 e. The van der Waals surface area contributed by atoms with Crippen molar-refractivity contribution in [3.63, 3.8) is 0 Å². The number of piperazine rings is 1. The molecule has 0 aliphatic carbocycles. The van der Waals surface area contributed by atoms with Crippen molar-refractivity contribution in [2.24, 2.45) is 0 Å². The van der Waals surface area contributed by atoms with E-state index in [4.69, 9.17) is 0 Å². The molecule has 2 amide bonds. The summed E-state index contributed by atoms with van der Waals surface area (Å²) in [6.45, 7) is 5.68. The molecule has 1 N–H and O–H groups in total. The average molecular weight is 336 g/mol. The first-order valence-corrected chi connectivity index (χ1v) is 8.69. The predicted molar refractivity (Wildman–Crippen MR) is 94.7 cm³/mol. The lowest BCUT2D eigenvalue weighted by Crippen LogP contribution is -2.52. The molecule has 0 radical (unpaired) electrons. The first-order valence-electron chi connectivity index (χ1n) is 8.69. The van der Waals surface area contributed by atoms with Crippen LogP contribution in [0.4, 0.5) is 9.18 Å². The van der Waals surface area contributed by atoms with Crippen LogP contribution in [0.1, 0.15) is 12.0 Å². The number of hydrogen-bond acceptors (Lipinski definition) is 3. The Morgan fingerprint density at radius 2 is 1.92 bits per heavy atom. The summed E-state index contributed by atoms with van der Waals surface area (Å²) in [7, 11) is 4.06. The Kier molecular flexibility index (Phi) is 7.46. The molecule has 1 fully saturated rings. The molecule has 1 aromatic rings. The normalized spacial score (nSPS) is 15.8. The second kappa shape index (κ2) is 9.59. The lowest BCUT2D eigenvalue weighted by Gasteiger charge is -2.34. The summed E-state index contributed by atoms with van der Waals surface area (Å²) < 4.78 is 13.6. The molecule has 2 rings (SSSR count). The summed E-state index contributed by atoms with van der Waals surface area (Å²) in [5, 5.41) is 2.98. The van der Waals surface area contributed by atoms with E-state index < -0.39 is 0 Å². The van der Waals surface area contributed by atoms with Crippen molar-refractivity contribution >= 4 is 6.03 Å². The van der Waals surface area contributed by atoms with E-state index >= 15 is 0 Å². The molecule has 134 valence electrons. The van der Waals surface area contributed by atoms with Crippen molar-refractivity contribution in [2.75, 3.05) is 59.9 Å². The first-order chi connectivity index (χ1) is 11.6. The van der Waals surface area contributed by atoms with Crippen molar-refractivity contribution in [3.05, 3.63) is 35.6 Å². The molecule has 1 heterocycles. The number of nitrogens with one attached hydrogen (secondary N) is 1. The smallest absolute Gasteiger partial charge is 0.317 e. The molecule has 0 atom stereocenters. The molecule has 1 aliphatic rings. The number of urea groups is 1. The molecular formula is C18H29FN4O. The second-order valence-corrected chi connectivity index (χ2v) is 6.56. The third-order valence-electron chi connectivity index (χ3n) is 4.37. The standard InChI is InChI=1S/C18H29FN4O/c1-21(2)10-5-9-20-18(24)23-14-12-22(13-15-23)11-8-16-6-3-4-7-17(16)19/h3-4,6-7H,5,8-15H2,1-2H3,(H,20,24).